The van der Waals surface area contributed by atoms with E-state index >= 15 is 0 Å². The molecule has 0 unspecified atom stereocenters. The molecule has 8 heavy (non-hydrogen) atoms. The average molecular weight is 128 g/mol. The molecule has 0 bridgehead atoms. The van der Waals surface area contributed by atoms with Crippen LogP contribution >= 0.6 is 0 Å². The van der Waals surface area contributed by atoms with Gasteiger partial charge < -0.3 is 0 Å². The normalized spacial score (nSPS) is 11.0. The van der Waals surface area contributed by atoms with E-state index in [0.29, 0.717) is 0 Å². The topological polar surface area (TPSA) is 26.3 Å². The number of carbonyl (C=O) groups is 1. The Morgan fingerprint density at radius 1 is 1.62 bits per heavy atom. The Labute approximate surface area is 43.1 Å². The lowest BCUT2D eigenvalue weighted by atomic mass is 10.4. The summed E-state index contributed by atoms with van der Waals surface area (Å²) in [4.78, 5) is 11.7. The Kier molecular flexibility index (Phi) is 1.83. The minimum atomic E-state index is -3.73. The number of hydrogen-bond acceptors (Lipinski definition) is 2. The SMILES string of the molecule is CC(F)(F)C(=O)OF. The molecule has 0 aliphatic heterocycles. The average Bonchev–Trinajstić information content (AvgIpc) is 1.62. The largest absolute Gasteiger partial charge is 0.417 e. The highest BCUT2D eigenvalue weighted by atomic mass is 19.3. The van der Waals surface area contributed by atoms with Crippen molar-refractivity contribution in [2.24, 2.45) is 0 Å². The summed E-state index contributed by atoms with van der Waals surface area (Å²) in [7, 11) is 0. The van der Waals surface area contributed by atoms with Gasteiger partial charge in [0, 0.05) is 11.4 Å². The first-order chi connectivity index (χ1) is 3.48. The molecule has 0 saturated heterocycles. The van der Waals surface area contributed by atoms with Crippen molar-refractivity contribution in [3.63, 3.8) is 0 Å². The number of hydrogen-bond donors (Lipinski definition) is 0. The smallest absolute Gasteiger partial charge is 0.248 e. The molecule has 0 radical (unpaired) electrons. The molecule has 48 valence electrons. The second-order valence-electron chi connectivity index (χ2n) is 1.25. The minimum Gasteiger partial charge on any atom is -0.248 e. The molecule has 0 amide bonds. The van der Waals surface area contributed by atoms with E-state index in [4.69, 9.17) is 0 Å². The van der Waals surface area contributed by atoms with Gasteiger partial charge >= 0.3 is 11.9 Å². The summed E-state index contributed by atoms with van der Waals surface area (Å²) >= 11 is 0. The lowest BCUT2D eigenvalue weighted by Crippen LogP contribution is -2.24. The molecular formula is C3H3F3O2. The first-order valence-corrected chi connectivity index (χ1v) is 1.69. The van der Waals surface area contributed by atoms with E-state index in [1.54, 1.807) is 0 Å². The standard InChI is InChI=1S/C3H3F3O2/c1-3(4,5)2(7)8-6/h1H3. The van der Waals surface area contributed by atoms with Gasteiger partial charge in [0.1, 0.15) is 0 Å². The van der Waals surface area contributed by atoms with Gasteiger partial charge in [-0.25, -0.2) is 9.74 Å². The van der Waals surface area contributed by atoms with Crippen LogP contribution in [0.15, 0.2) is 0 Å². The predicted octanol–water partition coefficient (Wildman–Crippen LogP) is 1.07. The van der Waals surface area contributed by atoms with E-state index in [0.717, 1.165) is 0 Å². The van der Waals surface area contributed by atoms with E-state index in [1.165, 1.54) is 0 Å². The third-order valence-corrected chi connectivity index (χ3v) is 0.429. The molecule has 0 spiro atoms. The van der Waals surface area contributed by atoms with Gasteiger partial charge in [-0.05, 0) is 0 Å². The number of alkyl halides is 2. The van der Waals surface area contributed by atoms with Gasteiger partial charge in [0.15, 0.2) is 0 Å². The zero-order chi connectivity index (χ0) is 6.78. The summed E-state index contributed by atoms with van der Waals surface area (Å²) in [5.41, 5.74) is 0. The lowest BCUT2D eigenvalue weighted by molar-refractivity contribution is -0.209. The number of halogens is 3. The van der Waals surface area contributed by atoms with Crippen molar-refractivity contribution in [2.45, 2.75) is 12.8 Å². The van der Waals surface area contributed by atoms with Crippen LogP contribution in [-0.2, 0) is 9.74 Å². The predicted molar refractivity (Wildman–Crippen MR) is 17.8 cm³/mol. The van der Waals surface area contributed by atoms with Crippen LogP contribution in [0.4, 0.5) is 13.3 Å². The fraction of sp³-hybridized carbons (Fsp3) is 0.667. The Balaban J connectivity index is 3.82. The zero-order valence-electron chi connectivity index (χ0n) is 3.95. The molecule has 0 saturated carbocycles. The van der Waals surface area contributed by atoms with Crippen LogP contribution in [0, 0.1) is 0 Å². The van der Waals surface area contributed by atoms with Crippen molar-refractivity contribution in [3.8, 4) is 0 Å². The summed E-state index contributed by atoms with van der Waals surface area (Å²) in [6, 6.07) is 0. The van der Waals surface area contributed by atoms with Gasteiger partial charge in [-0.15, -0.1) is 0 Å². The highest BCUT2D eigenvalue weighted by Crippen LogP contribution is 2.12. The Bertz CT molecular complexity index is 95.2. The van der Waals surface area contributed by atoms with Gasteiger partial charge in [-0.3, -0.25) is 0 Å². The lowest BCUT2D eigenvalue weighted by Gasteiger charge is -2.00. The first-order valence-electron chi connectivity index (χ1n) is 1.69. The Hall–Kier alpha value is -0.740. The molecule has 0 N–H and O–H groups in total. The molecule has 0 aromatic rings. The molecule has 2 nitrogen and oxygen atoms in total. The van der Waals surface area contributed by atoms with Crippen molar-refractivity contribution in [3.05, 3.63) is 0 Å². The maximum Gasteiger partial charge on any atom is 0.417 e. The van der Waals surface area contributed by atoms with Crippen LogP contribution in [0.3, 0.4) is 0 Å². The van der Waals surface area contributed by atoms with E-state index in [-0.39, 0.29) is 6.92 Å². The monoisotopic (exact) mass is 128 g/mol. The van der Waals surface area contributed by atoms with Gasteiger partial charge in [0.05, 0.1) is 0 Å². The molecule has 0 fully saturated rings. The molecule has 0 aromatic heterocycles. The Morgan fingerprint density at radius 3 is 2.00 bits per heavy atom. The highest BCUT2D eigenvalue weighted by Gasteiger charge is 2.35. The van der Waals surface area contributed by atoms with Crippen LogP contribution in [0.25, 0.3) is 0 Å². The molecule has 0 aliphatic rings. The minimum absolute atomic E-state index is 0.245. The highest BCUT2D eigenvalue weighted by molar-refractivity contribution is 5.76. The van der Waals surface area contributed by atoms with Crippen LogP contribution in [0.1, 0.15) is 6.92 Å². The van der Waals surface area contributed by atoms with Gasteiger partial charge in [0.2, 0.25) is 0 Å². The molecule has 0 rings (SSSR count). The number of rotatable bonds is 1. The van der Waals surface area contributed by atoms with Crippen molar-refractivity contribution in [1.29, 1.82) is 0 Å². The third kappa shape index (κ3) is 1.81. The molecule has 5 heteroatoms. The fourth-order valence-electron chi connectivity index (χ4n) is 0.0677. The quantitative estimate of drug-likeness (QED) is 0.528. The zero-order valence-corrected chi connectivity index (χ0v) is 3.95. The summed E-state index contributed by atoms with van der Waals surface area (Å²) < 4.78 is 33.4. The maximum absolute atomic E-state index is 11.4. The van der Waals surface area contributed by atoms with Crippen LogP contribution < -0.4 is 0 Å². The van der Waals surface area contributed by atoms with Crippen LogP contribution in [-0.4, -0.2) is 11.9 Å². The molecule has 0 atom stereocenters. The summed E-state index contributed by atoms with van der Waals surface area (Å²) in [6.45, 7) is 0.245. The van der Waals surface area contributed by atoms with Crippen molar-refractivity contribution in [2.75, 3.05) is 0 Å². The fourth-order valence-corrected chi connectivity index (χ4v) is 0.0677. The third-order valence-electron chi connectivity index (χ3n) is 0.429. The van der Waals surface area contributed by atoms with Crippen molar-refractivity contribution in [1.82, 2.24) is 0 Å². The van der Waals surface area contributed by atoms with Gasteiger partial charge in [-0.2, -0.15) is 8.78 Å². The summed E-state index contributed by atoms with van der Waals surface area (Å²) in [6.07, 6.45) is 0. The second-order valence-corrected chi connectivity index (χ2v) is 1.25. The van der Waals surface area contributed by atoms with Gasteiger partial charge in [-0.1, -0.05) is 0 Å². The van der Waals surface area contributed by atoms with Crippen molar-refractivity contribution < 1.29 is 23.0 Å². The molecule has 0 aliphatic carbocycles. The van der Waals surface area contributed by atoms with Crippen molar-refractivity contribution >= 4 is 5.97 Å². The van der Waals surface area contributed by atoms with Crippen LogP contribution in [0.2, 0.25) is 0 Å². The molecule has 0 heterocycles. The number of carbonyl (C=O) groups excluding carboxylic acids is 1. The maximum atomic E-state index is 11.4. The van der Waals surface area contributed by atoms with Crippen LogP contribution in [0.5, 0.6) is 0 Å². The summed E-state index contributed by atoms with van der Waals surface area (Å²) in [5, 5.41) is 0. The molecular weight excluding hydrogens is 125 g/mol. The molecule has 0 aromatic carbocycles. The van der Waals surface area contributed by atoms with E-state index in [2.05, 4.69) is 4.94 Å². The second kappa shape index (κ2) is 2.02. The van der Waals surface area contributed by atoms with E-state index in [9.17, 15) is 18.1 Å². The first kappa shape index (κ1) is 7.26. The summed E-state index contributed by atoms with van der Waals surface area (Å²) in [5.74, 6) is -5.90. The Morgan fingerprint density at radius 2 is 2.00 bits per heavy atom. The van der Waals surface area contributed by atoms with E-state index in [1.807, 2.05) is 0 Å². The van der Waals surface area contributed by atoms with Gasteiger partial charge in [0.25, 0.3) is 0 Å². The van der Waals surface area contributed by atoms with E-state index < -0.39 is 11.9 Å².